The summed E-state index contributed by atoms with van der Waals surface area (Å²) in [5, 5.41) is 0. The summed E-state index contributed by atoms with van der Waals surface area (Å²) in [5.41, 5.74) is 0.934. The molecule has 0 unspecified atom stereocenters. The third-order valence-electron chi connectivity index (χ3n) is 2.42. The maximum absolute atomic E-state index is 5.80. The Kier molecular flexibility index (Phi) is 2.90. The van der Waals surface area contributed by atoms with E-state index < -0.39 is 0 Å². The first-order valence-electron chi connectivity index (χ1n) is 5.13. The van der Waals surface area contributed by atoms with Crippen LogP contribution in [0.5, 0.6) is 11.6 Å². The number of pyridine rings is 1. The third-order valence-corrected chi connectivity index (χ3v) is 2.42. The molecule has 0 bridgehead atoms. The largest absolute Gasteiger partial charge is 0.484 e. The highest BCUT2D eigenvalue weighted by Crippen LogP contribution is 2.27. The molecule has 0 saturated heterocycles. The maximum atomic E-state index is 5.80. The molecule has 1 aliphatic rings. The van der Waals surface area contributed by atoms with Crippen molar-refractivity contribution in [1.29, 1.82) is 0 Å². The SMILES string of the molecule is COc1nc(C)ccc1OC1CC=CC1. The van der Waals surface area contributed by atoms with Crippen molar-refractivity contribution >= 4 is 0 Å². The van der Waals surface area contributed by atoms with Crippen molar-refractivity contribution in [1.82, 2.24) is 4.98 Å². The zero-order chi connectivity index (χ0) is 10.7. The van der Waals surface area contributed by atoms with Crippen LogP contribution in [0.25, 0.3) is 0 Å². The second-order valence-electron chi connectivity index (χ2n) is 3.64. The van der Waals surface area contributed by atoms with Gasteiger partial charge in [0.2, 0.25) is 0 Å². The summed E-state index contributed by atoms with van der Waals surface area (Å²) >= 11 is 0. The topological polar surface area (TPSA) is 31.4 Å². The fourth-order valence-electron chi connectivity index (χ4n) is 1.62. The number of nitrogens with zero attached hydrogens (tertiary/aromatic N) is 1. The lowest BCUT2D eigenvalue weighted by Crippen LogP contribution is -2.12. The summed E-state index contributed by atoms with van der Waals surface area (Å²) in [6, 6.07) is 3.85. The molecule has 0 amide bonds. The van der Waals surface area contributed by atoms with Crippen LogP contribution >= 0.6 is 0 Å². The van der Waals surface area contributed by atoms with Crippen molar-refractivity contribution in [3.05, 3.63) is 30.0 Å². The molecule has 2 rings (SSSR count). The summed E-state index contributed by atoms with van der Waals surface area (Å²) in [6.45, 7) is 1.93. The van der Waals surface area contributed by atoms with Crippen molar-refractivity contribution < 1.29 is 9.47 Å². The van der Waals surface area contributed by atoms with Gasteiger partial charge in [0.25, 0.3) is 5.88 Å². The highest BCUT2D eigenvalue weighted by molar-refractivity contribution is 5.34. The minimum Gasteiger partial charge on any atom is -0.484 e. The molecule has 3 heteroatoms. The Labute approximate surface area is 89.7 Å². The smallest absolute Gasteiger partial charge is 0.256 e. The summed E-state index contributed by atoms with van der Waals surface area (Å²) in [6.07, 6.45) is 6.45. The van der Waals surface area contributed by atoms with E-state index >= 15 is 0 Å². The second kappa shape index (κ2) is 4.34. The van der Waals surface area contributed by atoms with Crippen LogP contribution in [0.1, 0.15) is 18.5 Å². The van der Waals surface area contributed by atoms with Crippen LogP contribution in [0.3, 0.4) is 0 Å². The van der Waals surface area contributed by atoms with Crippen molar-refractivity contribution in [2.45, 2.75) is 25.9 Å². The second-order valence-corrected chi connectivity index (χ2v) is 3.64. The van der Waals surface area contributed by atoms with E-state index in [-0.39, 0.29) is 6.10 Å². The molecular weight excluding hydrogens is 190 g/mol. The molecule has 0 N–H and O–H groups in total. The van der Waals surface area contributed by atoms with Gasteiger partial charge in [-0.3, -0.25) is 0 Å². The number of hydrogen-bond donors (Lipinski definition) is 0. The van der Waals surface area contributed by atoms with Gasteiger partial charge in [0.1, 0.15) is 6.10 Å². The highest BCUT2D eigenvalue weighted by atomic mass is 16.5. The Bertz CT molecular complexity index is 366. The van der Waals surface area contributed by atoms with Crippen molar-refractivity contribution in [2.24, 2.45) is 0 Å². The molecule has 1 aliphatic carbocycles. The quantitative estimate of drug-likeness (QED) is 0.710. The van der Waals surface area contributed by atoms with Crippen molar-refractivity contribution in [2.75, 3.05) is 7.11 Å². The predicted molar refractivity (Wildman–Crippen MR) is 58.3 cm³/mol. The van der Waals surface area contributed by atoms with Crippen LogP contribution in [0, 0.1) is 6.92 Å². The van der Waals surface area contributed by atoms with Gasteiger partial charge in [0.15, 0.2) is 5.75 Å². The molecule has 15 heavy (non-hydrogen) atoms. The van der Waals surface area contributed by atoms with Gasteiger partial charge < -0.3 is 9.47 Å². The van der Waals surface area contributed by atoms with E-state index in [0.29, 0.717) is 5.88 Å². The van der Waals surface area contributed by atoms with E-state index in [1.54, 1.807) is 7.11 Å². The zero-order valence-corrected chi connectivity index (χ0v) is 9.06. The molecule has 1 aromatic rings. The van der Waals surface area contributed by atoms with Gasteiger partial charge in [-0.25, -0.2) is 4.98 Å². The van der Waals surface area contributed by atoms with Gasteiger partial charge in [-0.15, -0.1) is 0 Å². The van der Waals surface area contributed by atoms with Crippen LogP contribution in [0.15, 0.2) is 24.3 Å². The molecule has 1 aromatic heterocycles. The van der Waals surface area contributed by atoms with Gasteiger partial charge in [-0.2, -0.15) is 0 Å². The molecule has 3 nitrogen and oxygen atoms in total. The Morgan fingerprint density at radius 2 is 2.00 bits per heavy atom. The number of aromatic nitrogens is 1. The minimum absolute atomic E-state index is 0.239. The Morgan fingerprint density at radius 1 is 1.27 bits per heavy atom. The summed E-state index contributed by atoms with van der Waals surface area (Å²) < 4.78 is 11.0. The average molecular weight is 205 g/mol. The Morgan fingerprint density at radius 3 is 2.67 bits per heavy atom. The van der Waals surface area contributed by atoms with Crippen LogP contribution < -0.4 is 9.47 Å². The van der Waals surface area contributed by atoms with E-state index in [0.717, 1.165) is 24.3 Å². The monoisotopic (exact) mass is 205 g/mol. The van der Waals surface area contributed by atoms with Crippen LogP contribution in [0.2, 0.25) is 0 Å². The first-order valence-corrected chi connectivity index (χ1v) is 5.13. The van der Waals surface area contributed by atoms with Crippen LogP contribution in [-0.2, 0) is 0 Å². The molecule has 0 atom stereocenters. The van der Waals surface area contributed by atoms with Crippen molar-refractivity contribution in [3.8, 4) is 11.6 Å². The van der Waals surface area contributed by atoms with E-state index in [2.05, 4.69) is 17.1 Å². The number of hydrogen-bond acceptors (Lipinski definition) is 3. The first kappa shape index (κ1) is 10.0. The molecule has 0 spiro atoms. The van der Waals surface area contributed by atoms with Gasteiger partial charge in [0, 0.05) is 18.5 Å². The summed E-state index contributed by atoms with van der Waals surface area (Å²) in [7, 11) is 1.61. The fraction of sp³-hybridized carbons (Fsp3) is 0.417. The standard InChI is InChI=1S/C12H15NO2/c1-9-7-8-11(12(13-9)14-2)15-10-5-3-4-6-10/h3-4,7-8,10H,5-6H2,1-2H3. The number of rotatable bonds is 3. The minimum atomic E-state index is 0.239. The number of methoxy groups -OCH3 is 1. The lowest BCUT2D eigenvalue weighted by Gasteiger charge is -2.15. The lowest BCUT2D eigenvalue weighted by atomic mass is 10.3. The first-order chi connectivity index (χ1) is 7.29. The number of ether oxygens (including phenoxy) is 2. The van der Waals surface area contributed by atoms with Gasteiger partial charge >= 0.3 is 0 Å². The van der Waals surface area contributed by atoms with E-state index in [4.69, 9.17) is 9.47 Å². The highest BCUT2D eigenvalue weighted by Gasteiger charge is 2.15. The van der Waals surface area contributed by atoms with Gasteiger partial charge in [0.05, 0.1) is 7.11 Å². The van der Waals surface area contributed by atoms with E-state index in [1.165, 1.54) is 0 Å². The molecule has 0 aliphatic heterocycles. The molecule has 0 aromatic carbocycles. The molecule has 0 fully saturated rings. The maximum Gasteiger partial charge on any atom is 0.256 e. The molecule has 80 valence electrons. The molecule has 0 radical (unpaired) electrons. The average Bonchev–Trinajstić information content (AvgIpc) is 2.73. The van der Waals surface area contributed by atoms with E-state index in [1.807, 2.05) is 19.1 Å². The molecular formula is C12H15NO2. The van der Waals surface area contributed by atoms with Crippen LogP contribution in [0.4, 0.5) is 0 Å². The fourth-order valence-corrected chi connectivity index (χ4v) is 1.62. The van der Waals surface area contributed by atoms with Crippen molar-refractivity contribution in [3.63, 3.8) is 0 Å². The molecule has 0 saturated carbocycles. The van der Waals surface area contributed by atoms with Gasteiger partial charge in [-0.05, 0) is 19.1 Å². The zero-order valence-electron chi connectivity index (χ0n) is 9.06. The summed E-state index contributed by atoms with van der Waals surface area (Å²) in [4.78, 5) is 4.27. The normalized spacial score (nSPS) is 15.6. The van der Waals surface area contributed by atoms with E-state index in [9.17, 15) is 0 Å². The summed E-state index contributed by atoms with van der Waals surface area (Å²) in [5.74, 6) is 1.30. The number of aryl methyl sites for hydroxylation is 1. The Hall–Kier alpha value is -1.51. The van der Waals surface area contributed by atoms with Crippen LogP contribution in [-0.4, -0.2) is 18.2 Å². The third kappa shape index (κ3) is 2.29. The Balaban J connectivity index is 2.12. The van der Waals surface area contributed by atoms with Gasteiger partial charge in [-0.1, -0.05) is 12.2 Å². The predicted octanol–water partition coefficient (Wildman–Crippen LogP) is 2.50. The lowest BCUT2D eigenvalue weighted by molar-refractivity contribution is 0.204. The molecule has 1 heterocycles.